The van der Waals surface area contributed by atoms with Gasteiger partial charge in [0.2, 0.25) is 26.0 Å². The van der Waals surface area contributed by atoms with Crippen molar-refractivity contribution in [3.8, 4) is 17.2 Å². The Morgan fingerprint density at radius 1 is 0.658 bits per heavy atom. The van der Waals surface area contributed by atoms with E-state index in [1.54, 1.807) is 80.6 Å². The van der Waals surface area contributed by atoms with Crippen LogP contribution in [0.5, 0.6) is 17.2 Å². The molecule has 1 amide bonds. The fraction of sp³-hybridized carbons (Fsp3) is 0.275. The highest BCUT2D eigenvalue weighted by Gasteiger charge is 2.43. The minimum atomic E-state index is -4.11. The lowest BCUT2D eigenvalue weighted by Gasteiger charge is -2.35. The van der Waals surface area contributed by atoms with Crippen LogP contribution in [0.2, 0.25) is 0 Å². The number of aliphatic carboxylic acids is 2. The first-order valence-electron chi connectivity index (χ1n) is 23.5. The number of para-hydroxylation sites is 3. The zero-order valence-corrected chi connectivity index (χ0v) is 48.1. The van der Waals surface area contributed by atoms with Gasteiger partial charge >= 0.3 is 23.9 Å². The average Bonchev–Trinajstić information content (AvgIpc) is 4.05. The monoisotopic (exact) mass is 1210 g/mol. The molecule has 0 unspecified atom stereocenters. The molecule has 4 heterocycles. The van der Waals surface area contributed by atoms with E-state index in [4.69, 9.17) is 30.0 Å². The molecular weight excluding hydrogens is 1150 g/mol. The van der Waals surface area contributed by atoms with E-state index in [1.807, 2.05) is 6.92 Å². The molecule has 0 aliphatic carbocycles. The lowest BCUT2D eigenvalue weighted by atomic mass is 10.0. The van der Waals surface area contributed by atoms with Gasteiger partial charge in [0.25, 0.3) is 0 Å². The second-order valence-corrected chi connectivity index (χ2v) is 27.9. The molecule has 2 aromatic heterocycles. The molecule has 28 heteroatoms. The zero-order valence-electron chi connectivity index (χ0n) is 43.2. The number of phenolic OH excluding ortho intramolecular Hbond substituents is 1. The Hall–Kier alpha value is -6.89. The summed E-state index contributed by atoms with van der Waals surface area (Å²) in [7, 11) is -15.2. The summed E-state index contributed by atoms with van der Waals surface area (Å²) in [5, 5.41) is 38.1. The van der Waals surface area contributed by atoms with Crippen molar-refractivity contribution in [1.29, 1.82) is 0 Å². The molecule has 2 aliphatic heterocycles. The highest BCUT2D eigenvalue weighted by molar-refractivity contribution is 7.96. The number of sulfonamides is 2. The van der Waals surface area contributed by atoms with E-state index in [1.165, 1.54) is 68.2 Å². The fourth-order valence-electron chi connectivity index (χ4n) is 7.65. The minimum Gasteiger partial charge on any atom is -0.507 e. The van der Waals surface area contributed by atoms with Gasteiger partial charge in [-0.05, 0) is 88.7 Å². The summed E-state index contributed by atoms with van der Waals surface area (Å²) in [6.45, 7) is 10.3. The number of carbonyl (C=O) groups is 5. The number of primary sulfonamides is 2. The van der Waals surface area contributed by atoms with Gasteiger partial charge in [0.1, 0.15) is 34.1 Å². The van der Waals surface area contributed by atoms with Crippen LogP contribution in [0.3, 0.4) is 0 Å². The average molecular weight is 1210 g/mol. The van der Waals surface area contributed by atoms with Gasteiger partial charge in [-0.3, -0.25) is 14.4 Å². The lowest BCUT2D eigenvalue weighted by molar-refractivity contribution is -0.132. The van der Waals surface area contributed by atoms with Crippen LogP contribution in [0.15, 0.2) is 120 Å². The summed E-state index contributed by atoms with van der Waals surface area (Å²) in [6, 6.07) is 21.8. The molecule has 0 saturated heterocycles. The lowest BCUT2D eigenvalue weighted by Crippen LogP contribution is -2.39. The number of sulfone groups is 2. The smallest absolute Gasteiger partial charge is 0.328 e. The third-order valence-corrected chi connectivity index (χ3v) is 22.0. The van der Waals surface area contributed by atoms with Crippen molar-refractivity contribution >= 4 is 110 Å². The van der Waals surface area contributed by atoms with Crippen LogP contribution in [0.4, 0.5) is 0 Å². The Labute approximate surface area is 465 Å². The van der Waals surface area contributed by atoms with E-state index in [2.05, 4.69) is 5.32 Å². The fourth-order valence-corrected chi connectivity index (χ4v) is 16.5. The molecule has 0 spiro atoms. The van der Waals surface area contributed by atoms with E-state index < -0.39 is 86.0 Å². The van der Waals surface area contributed by atoms with Crippen LogP contribution < -0.4 is 25.1 Å². The first-order chi connectivity index (χ1) is 36.8. The Morgan fingerprint density at radius 3 is 1.49 bits per heavy atom. The van der Waals surface area contributed by atoms with Gasteiger partial charge in [0.15, 0.2) is 19.7 Å². The SMILES string of the molecule is CC(=O)Oc1ccccc1/C=C/C(=O)O.CCN(C(=O)/C=C/c1ccccc1OC(C)=O)[C@H]1C[C@H](C)S(=O)(=O)c2sc(S(N)(=O)=O)cc21.CCN[C@H]1C[C@H](C)S(=O)(=O)c2sc(S(N)(=O)=O)cc21.O=C(O)/C=C/c1ccccc1O. The number of esters is 2. The third-order valence-electron chi connectivity index (χ3n) is 11.3. The number of benzene rings is 3. The van der Waals surface area contributed by atoms with Gasteiger partial charge in [-0.25, -0.2) is 53.5 Å². The maximum Gasteiger partial charge on any atom is 0.328 e. The summed E-state index contributed by atoms with van der Waals surface area (Å²) in [5.74, 6) is -2.69. The number of hydrogen-bond acceptors (Lipinski definition) is 19. The third kappa shape index (κ3) is 17.8. The highest BCUT2D eigenvalue weighted by atomic mass is 32.3. The Kier molecular flexibility index (Phi) is 22.8. The molecule has 0 saturated carbocycles. The first-order valence-corrected chi connectivity index (χ1v) is 31.3. The molecule has 8 N–H and O–H groups in total. The maximum absolute atomic E-state index is 13.1. The number of hydrogen-bond donors (Lipinski definition) is 6. The van der Waals surface area contributed by atoms with Gasteiger partial charge < -0.3 is 35.0 Å². The molecule has 3 aromatic carbocycles. The molecule has 0 radical (unpaired) electrons. The van der Waals surface area contributed by atoms with Crippen molar-refractivity contribution in [1.82, 2.24) is 10.2 Å². The molecule has 2 aliphatic rings. The van der Waals surface area contributed by atoms with Gasteiger partial charge in [0, 0.05) is 72.5 Å². The minimum absolute atomic E-state index is 0.0780. The van der Waals surface area contributed by atoms with Crippen LogP contribution in [-0.4, -0.2) is 107 Å². The largest absolute Gasteiger partial charge is 0.507 e. The normalized spacial score (nSPS) is 18.0. The number of thiophene rings is 2. The van der Waals surface area contributed by atoms with Gasteiger partial charge in [-0.1, -0.05) is 61.5 Å². The summed E-state index contributed by atoms with van der Waals surface area (Å²) >= 11 is 1.35. The van der Waals surface area contributed by atoms with Crippen LogP contribution in [0.25, 0.3) is 18.2 Å². The summed E-state index contributed by atoms with van der Waals surface area (Å²) < 4.78 is 106. The Balaban J connectivity index is 0.000000247. The van der Waals surface area contributed by atoms with E-state index in [-0.39, 0.29) is 47.2 Å². The summed E-state index contributed by atoms with van der Waals surface area (Å²) in [5.41, 5.74) is 2.35. The van der Waals surface area contributed by atoms with E-state index in [9.17, 15) is 62.8 Å². The highest BCUT2D eigenvalue weighted by Crippen LogP contribution is 2.45. The van der Waals surface area contributed by atoms with Gasteiger partial charge in [0.05, 0.1) is 16.5 Å². The Morgan fingerprint density at radius 2 is 1.06 bits per heavy atom. The van der Waals surface area contributed by atoms with Crippen molar-refractivity contribution < 1.29 is 82.4 Å². The van der Waals surface area contributed by atoms with Crippen molar-refractivity contribution in [2.45, 2.75) is 93.8 Å². The number of likely N-dealkylation sites (N-methyl/N-ethyl adjacent to an activating group) is 1. The standard InChI is InChI=1S/C21H24N2O7S3.C11H10O4.C10H16N2O4S3.C9H8O3/c1-4-23(19(25)10-9-15-7-5-6-8-18(15)30-14(3)24)17-11-13(2)32(26,27)21-16(17)12-20(31-21)33(22,28)29;1-8(12)15-10-5-3-2-4-9(10)6-7-11(13)14;1-3-12-8-4-6(2)18(13,14)10-7(8)5-9(17-10)19(11,15)16;10-8-4-2-1-3-7(8)5-6-9(11)12/h5-10,12-13,17H,4,11H2,1-3H3,(H2,22,28,29);2-7H,1H3,(H,13,14);5-6,8,12H,3-4H2,1-2H3,(H2,11,15,16);1-6,10H,(H,11,12)/b10-9+;7-6+;;6-5+/t13-,17-;;6-,8-;/m0.0./s1. The predicted molar refractivity (Wildman–Crippen MR) is 296 cm³/mol. The predicted octanol–water partition coefficient (Wildman–Crippen LogP) is 6.30. The topological polar surface area (TPSA) is 368 Å². The van der Waals surface area contributed by atoms with Crippen LogP contribution in [0, 0.1) is 0 Å². The number of aromatic hydroxyl groups is 1. The van der Waals surface area contributed by atoms with Crippen LogP contribution in [-0.2, 0) is 63.7 Å². The molecule has 0 fully saturated rings. The molecule has 5 aromatic rings. The van der Waals surface area contributed by atoms with Crippen molar-refractivity contribution in [3.63, 3.8) is 0 Å². The molecule has 22 nitrogen and oxygen atoms in total. The van der Waals surface area contributed by atoms with Crippen molar-refractivity contribution in [2.75, 3.05) is 13.1 Å². The molecular formula is C51H58N4O18S6. The molecule has 4 atom stereocenters. The van der Waals surface area contributed by atoms with Crippen molar-refractivity contribution in [3.05, 3.63) is 131 Å². The number of nitrogens with two attached hydrogens (primary N) is 2. The maximum atomic E-state index is 13.1. The first kappa shape index (κ1) is 64.6. The number of nitrogens with zero attached hydrogens (tertiary/aromatic N) is 1. The second-order valence-electron chi connectivity index (χ2n) is 17.1. The molecule has 426 valence electrons. The number of ether oxygens (including phenoxy) is 2. The second kappa shape index (κ2) is 27.8. The molecule has 0 bridgehead atoms. The number of fused-ring (bicyclic) bond motifs is 2. The molecule has 79 heavy (non-hydrogen) atoms. The van der Waals surface area contributed by atoms with E-state index >= 15 is 0 Å². The number of carbonyl (C=O) groups excluding carboxylic acids is 3. The quantitative estimate of drug-likeness (QED) is 0.0403. The summed E-state index contributed by atoms with van der Waals surface area (Å²) in [6.07, 6.45) is 8.07. The van der Waals surface area contributed by atoms with Gasteiger partial charge in [-0.15, -0.1) is 22.7 Å². The Bertz CT molecular complexity index is 3620. The van der Waals surface area contributed by atoms with Crippen LogP contribution in [0.1, 0.15) is 94.3 Å². The number of phenols is 1. The van der Waals surface area contributed by atoms with E-state index in [0.717, 1.165) is 23.5 Å². The van der Waals surface area contributed by atoms with Crippen LogP contribution >= 0.6 is 22.7 Å². The number of amides is 1. The molecule has 7 rings (SSSR count). The number of carboxylic acids is 2. The number of rotatable bonds is 14. The number of carboxylic acid groups (broad SMARTS) is 2. The summed E-state index contributed by atoms with van der Waals surface area (Å²) in [4.78, 5) is 57.1. The van der Waals surface area contributed by atoms with Gasteiger partial charge in [-0.2, -0.15) is 0 Å². The van der Waals surface area contributed by atoms with E-state index in [0.29, 0.717) is 58.1 Å². The van der Waals surface area contributed by atoms with Crippen molar-refractivity contribution in [2.24, 2.45) is 10.3 Å². The zero-order chi connectivity index (χ0) is 59.2. The number of nitrogens with one attached hydrogen (secondary N) is 1.